The molecule has 0 saturated heterocycles. The van der Waals surface area contributed by atoms with Crippen molar-refractivity contribution in [2.45, 2.75) is 31.0 Å². The second-order valence-electron chi connectivity index (χ2n) is 6.91. The first-order valence-electron chi connectivity index (χ1n) is 10.0. The highest BCUT2D eigenvalue weighted by atomic mass is 35.5. The summed E-state index contributed by atoms with van der Waals surface area (Å²) in [5, 5.41) is 6.75. The molecule has 166 valence electrons. The Kier molecular flexibility index (Phi) is 8.90. The monoisotopic (exact) mass is 488 g/mol. The second kappa shape index (κ2) is 11.9. The molecular formula is C23H22Cl2N4O2S. The Bertz CT molecular complexity index is 1070. The first-order chi connectivity index (χ1) is 15.5. The molecule has 3 rings (SSSR count). The van der Waals surface area contributed by atoms with Crippen LogP contribution in [0.25, 0.3) is 0 Å². The predicted molar refractivity (Wildman–Crippen MR) is 130 cm³/mol. The van der Waals surface area contributed by atoms with E-state index < -0.39 is 11.9 Å². The number of carbonyl (C=O) groups excluding carboxylic acids is 2. The van der Waals surface area contributed by atoms with E-state index in [1.165, 1.54) is 18.0 Å². The number of amides is 2. The Morgan fingerprint density at radius 2 is 1.78 bits per heavy atom. The summed E-state index contributed by atoms with van der Waals surface area (Å²) in [6, 6.07) is 15.3. The number of aromatic nitrogens is 2. The van der Waals surface area contributed by atoms with Crippen LogP contribution in [0.15, 0.2) is 66.0 Å². The molecule has 3 aromatic rings. The number of hydrogen-bond donors (Lipinski definition) is 2. The molecular weight excluding hydrogens is 467 g/mol. The molecule has 0 aliphatic carbocycles. The van der Waals surface area contributed by atoms with Crippen molar-refractivity contribution in [2.24, 2.45) is 0 Å². The van der Waals surface area contributed by atoms with Gasteiger partial charge in [0, 0.05) is 22.9 Å². The maximum Gasteiger partial charge on any atom is 0.272 e. The molecule has 0 saturated carbocycles. The lowest BCUT2D eigenvalue weighted by molar-refractivity contribution is -0.118. The van der Waals surface area contributed by atoms with E-state index in [0.717, 1.165) is 17.7 Å². The van der Waals surface area contributed by atoms with Crippen LogP contribution >= 0.6 is 35.0 Å². The van der Waals surface area contributed by atoms with Crippen molar-refractivity contribution in [3.63, 3.8) is 0 Å². The quantitative estimate of drug-likeness (QED) is 0.316. The van der Waals surface area contributed by atoms with Gasteiger partial charge in [0.05, 0.1) is 11.2 Å². The van der Waals surface area contributed by atoms with E-state index in [1.807, 2.05) is 37.3 Å². The molecule has 6 nitrogen and oxygen atoms in total. The van der Waals surface area contributed by atoms with Crippen molar-refractivity contribution >= 4 is 52.5 Å². The fraction of sp³-hybridized carbons (Fsp3) is 0.217. The van der Waals surface area contributed by atoms with Gasteiger partial charge in [0.2, 0.25) is 5.91 Å². The van der Waals surface area contributed by atoms with Gasteiger partial charge >= 0.3 is 0 Å². The molecule has 0 spiro atoms. The molecule has 0 bridgehead atoms. The predicted octanol–water partition coefficient (Wildman–Crippen LogP) is 5.27. The van der Waals surface area contributed by atoms with E-state index in [0.29, 0.717) is 22.3 Å². The number of thioether (sulfide) groups is 1. The molecule has 0 aliphatic heterocycles. The number of rotatable bonds is 9. The molecule has 0 fully saturated rings. The van der Waals surface area contributed by atoms with Crippen LogP contribution in [0.3, 0.4) is 0 Å². The first kappa shape index (κ1) is 24.0. The maximum atomic E-state index is 13.0. The van der Waals surface area contributed by atoms with Crippen LogP contribution in [0.1, 0.15) is 29.4 Å². The summed E-state index contributed by atoms with van der Waals surface area (Å²) in [5.74, 6) is -0.0822. The summed E-state index contributed by atoms with van der Waals surface area (Å²) in [6.45, 7) is 2.05. The number of carbonyl (C=O) groups is 2. The van der Waals surface area contributed by atoms with E-state index in [9.17, 15) is 9.59 Å². The summed E-state index contributed by atoms with van der Waals surface area (Å²) in [6.07, 6.45) is 2.65. The van der Waals surface area contributed by atoms with Gasteiger partial charge in [-0.3, -0.25) is 9.59 Å². The van der Waals surface area contributed by atoms with E-state index in [4.69, 9.17) is 23.2 Å². The number of nitrogens with zero attached hydrogens (tertiary/aromatic N) is 2. The fourth-order valence-corrected chi connectivity index (χ4v) is 3.79. The third kappa shape index (κ3) is 6.95. The van der Waals surface area contributed by atoms with Crippen molar-refractivity contribution in [1.82, 2.24) is 15.3 Å². The minimum Gasteiger partial charge on any atom is -0.338 e. The highest BCUT2D eigenvalue weighted by molar-refractivity contribution is 7.99. The van der Waals surface area contributed by atoms with Gasteiger partial charge in [0.1, 0.15) is 6.04 Å². The van der Waals surface area contributed by atoms with E-state index in [1.54, 1.807) is 24.3 Å². The van der Waals surface area contributed by atoms with E-state index >= 15 is 0 Å². The summed E-state index contributed by atoms with van der Waals surface area (Å²) in [4.78, 5) is 34.5. The second-order valence-corrected chi connectivity index (χ2v) is 8.82. The smallest absolute Gasteiger partial charge is 0.272 e. The highest BCUT2D eigenvalue weighted by Gasteiger charge is 2.24. The third-order valence-corrected chi connectivity index (χ3v) is 5.98. The molecule has 1 unspecified atom stereocenters. The van der Waals surface area contributed by atoms with Crippen molar-refractivity contribution in [1.29, 1.82) is 0 Å². The van der Waals surface area contributed by atoms with Gasteiger partial charge in [-0.05, 0) is 36.2 Å². The normalized spacial score (nSPS) is 11.6. The van der Waals surface area contributed by atoms with Gasteiger partial charge < -0.3 is 10.6 Å². The minimum absolute atomic E-state index is 0.0395. The van der Waals surface area contributed by atoms with E-state index in [-0.39, 0.29) is 16.6 Å². The molecule has 1 atom stereocenters. The fourth-order valence-electron chi connectivity index (χ4n) is 2.82. The molecule has 0 aliphatic rings. The largest absolute Gasteiger partial charge is 0.338 e. The van der Waals surface area contributed by atoms with Gasteiger partial charge in [-0.15, -0.1) is 0 Å². The first-order valence-corrected chi connectivity index (χ1v) is 11.8. The van der Waals surface area contributed by atoms with Gasteiger partial charge in [-0.2, -0.15) is 0 Å². The summed E-state index contributed by atoms with van der Waals surface area (Å²) in [5.41, 5.74) is 1.51. The molecule has 9 heteroatoms. The third-order valence-electron chi connectivity index (χ3n) is 4.39. The van der Waals surface area contributed by atoms with Crippen LogP contribution < -0.4 is 10.6 Å². The molecule has 1 heterocycles. The molecule has 32 heavy (non-hydrogen) atoms. The van der Waals surface area contributed by atoms with Gasteiger partial charge in [0.25, 0.3) is 5.91 Å². The summed E-state index contributed by atoms with van der Waals surface area (Å²) >= 11 is 13.5. The molecule has 2 N–H and O–H groups in total. The zero-order chi connectivity index (χ0) is 22.9. The lowest BCUT2D eigenvalue weighted by Gasteiger charge is -2.19. The topological polar surface area (TPSA) is 84.0 Å². The number of benzene rings is 2. The molecule has 0 radical (unpaired) electrons. The van der Waals surface area contributed by atoms with Crippen molar-refractivity contribution in [3.8, 4) is 0 Å². The van der Waals surface area contributed by atoms with Crippen LogP contribution in [0, 0.1) is 0 Å². The van der Waals surface area contributed by atoms with Gasteiger partial charge in [0.15, 0.2) is 10.9 Å². The van der Waals surface area contributed by atoms with Crippen molar-refractivity contribution < 1.29 is 9.59 Å². The van der Waals surface area contributed by atoms with Gasteiger partial charge in [-0.1, -0.05) is 72.2 Å². The Hall–Kier alpha value is -2.61. The molecule has 2 aromatic carbocycles. The van der Waals surface area contributed by atoms with Crippen LogP contribution in [0.2, 0.25) is 10.0 Å². The van der Waals surface area contributed by atoms with Crippen LogP contribution in [0.4, 0.5) is 5.69 Å². The average Bonchev–Trinajstić information content (AvgIpc) is 2.80. The lowest BCUT2D eigenvalue weighted by Crippen LogP contribution is -2.45. The summed E-state index contributed by atoms with van der Waals surface area (Å²) < 4.78 is 0. The minimum atomic E-state index is -0.849. The SMILES string of the molecule is CCCSc1ncc(Cl)c(C(=O)NC(Cc2ccccc2)C(=O)Nc2ccc(Cl)cc2)n1. The Morgan fingerprint density at radius 1 is 1.06 bits per heavy atom. The Morgan fingerprint density at radius 3 is 2.47 bits per heavy atom. The van der Waals surface area contributed by atoms with E-state index in [2.05, 4.69) is 20.6 Å². The number of halogens is 2. The Balaban J connectivity index is 1.80. The number of anilines is 1. The van der Waals surface area contributed by atoms with Crippen LogP contribution in [-0.4, -0.2) is 33.6 Å². The van der Waals surface area contributed by atoms with Crippen LogP contribution in [-0.2, 0) is 11.2 Å². The number of hydrogen-bond acceptors (Lipinski definition) is 5. The van der Waals surface area contributed by atoms with Crippen molar-refractivity contribution in [3.05, 3.63) is 82.1 Å². The zero-order valence-electron chi connectivity index (χ0n) is 17.3. The van der Waals surface area contributed by atoms with Crippen molar-refractivity contribution in [2.75, 3.05) is 11.1 Å². The van der Waals surface area contributed by atoms with Crippen LogP contribution in [0.5, 0.6) is 0 Å². The molecule has 2 amide bonds. The lowest BCUT2D eigenvalue weighted by atomic mass is 10.0. The standard InChI is InChI=1S/C23H22Cl2N4O2S/c1-2-12-32-23-26-14-18(25)20(29-23)22(31)28-19(13-15-6-4-3-5-7-15)21(30)27-17-10-8-16(24)9-11-17/h3-11,14,19H,2,12-13H2,1H3,(H,27,30)(H,28,31). The zero-order valence-corrected chi connectivity index (χ0v) is 19.7. The summed E-state index contributed by atoms with van der Waals surface area (Å²) in [7, 11) is 0. The molecule has 1 aromatic heterocycles. The van der Waals surface area contributed by atoms with Gasteiger partial charge in [-0.25, -0.2) is 9.97 Å². The average molecular weight is 489 g/mol. The highest BCUT2D eigenvalue weighted by Crippen LogP contribution is 2.19. The number of nitrogens with one attached hydrogen (secondary N) is 2. The maximum absolute atomic E-state index is 13.0. The Labute approximate surface area is 201 Å².